The second kappa shape index (κ2) is 11.6. The Morgan fingerprint density at radius 1 is 1.11 bits per heavy atom. The molecule has 0 saturated carbocycles. The zero-order valence-corrected chi connectivity index (χ0v) is 22.6. The van der Waals surface area contributed by atoms with Crippen LogP contribution in [0.4, 0.5) is 10.6 Å². The Kier molecular flexibility index (Phi) is 8.49. The lowest BCUT2D eigenvalue weighted by Crippen LogP contribution is -2.61. The molecule has 2 atom stereocenters. The van der Waals surface area contributed by atoms with Crippen molar-refractivity contribution in [2.75, 3.05) is 51.1 Å². The number of urea groups is 1. The van der Waals surface area contributed by atoms with Crippen molar-refractivity contribution in [3.05, 3.63) is 52.6 Å². The van der Waals surface area contributed by atoms with Gasteiger partial charge in [-0.3, -0.25) is 14.7 Å². The average Bonchev–Trinajstić information content (AvgIpc) is 3.35. The van der Waals surface area contributed by atoms with E-state index in [9.17, 15) is 14.4 Å². The Hall–Kier alpha value is -3.28. The van der Waals surface area contributed by atoms with Crippen molar-refractivity contribution in [1.82, 2.24) is 24.3 Å². The first-order valence-electron chi connectivity index (χ1n) is 13.3. The number of hydrogen-bond acceptors (Lipinski definition) is 7. The molecule has 2 aromatic rings. The third kappa shape index (κ3) is 6.58. The molecule has 0 radical (unpaired) electrons. The number of amides is 3. The maximum Gasteiger partial charge on any atom is 0.354 e. The fraction of sp³-hybridized carbons (Fsp3) is 0.556. The van der Waals surface area contributed by atoms with Crippen LogP contribution in [0.5, 0.6) is 0 Å². The summed E-state index contributed by atoms with van der Waals surface area (Å²) in [5.41, 5.74) is 12.2. The molecule has 3 amide bonds. The number of nitrogens with two attached hydrogens (primary N) is 2. The number of anilines is 1. The Morgan fingerprint density at radius 2 is 1.84 bits per heavy atom. The first-order valence-corrected chi connectivity index (χ1v) is 13.3. The third-order valence-corrected chi connectivity index (χ3v) is 7.40. The van der Waals surface area contributed by atoms with Gasteiger partial charge < -0.3 is 26.2 Å². The van der Waals surface area contributed by atoms with Crippen LogP contribution in [-0.2, 0) is 11.2 Å². The van der Waals surface area contributed by atoms with E-state index in [-0.39, 0.29) is 23.8 Å². The number of carbonyl (C=O) groups excluding carboxylic acids is 2. The van der Waals surface area contributed by atoms with Crippen molar-refractivity contribution >= 4 is 17.8 Å². The Balaban J connectivity index is 1.32. The number of piperazine rings is 1. The van der Waals surface area contributed by atoms with Crippen molar-refractivity contribution in [1.29, 1.82) is 0 Å². The molecule has 0 spiro atoms. The quantitative estimate of drug-likeness (QED) is 0.487. The molecule has 206 valence electrons. The van der Waals surface area contributed by atoms with E-state index in [1.165, 1.54) is 16.6 Å². The molecule has 2 fully saturated rings. The molecule has 5 N–H and O–H groups in total. The highest BCUT2D eigenvalue weighted by molar-refractivity contribution is 5.89. The smallest absolute Gasteiger partial charge is 0.337 e. The number of likely N-dealkylation sites (tertiary alicyclic amines) is 1. The van der Waals surface area contributed by atoms with Gasteiger partial charge in [0.05, 0.1) is 11.2 Å². The van der Waals surface area contributed by atoms with Crippen LogP contribution < -0.4 is 22.5 Å². The second-order valence-corrected chi connectivity index (χ2v) is 11.0. The molecule has 1 aromatic heterocycles. The first kappa shape index (κ1) is 27.7. The van der Waals surface area contributed by atoms with Crippen molar-refractivity contribution in [2.24, 2.45) is 17.4 Å². The van der Waals surface area contributed by atoms with Crippen LogP contribution in [0.2, 0.25) is 0 Å². The summed E-state index contributed by atoms with van der Waals surface area (Å²) >= 11 is 0. The molecule has 2 saturated heterocycles. The molecule has 2 unspecified atom stereocenters. The van der Waals surface area contributed by atoms with Crippen LogP contribution in [0.1, 0.15) is 32.8 Å². The van der Waals surface area contributed by atoms with Gasteiger partial charge in [-0.25, -0.2) is 9.59 Å². The van der Waals surface area contributed by atoms with Gasteiger partial charge in [-0.2, -0.15) is 4.98 Å². The number of hydrogen-bond donors (Lipinski definition) is 3. The third-order valence-electron chi connectivity index (χ3n) is 7.40. The largest absolute Gasteiger partial charge is 0.354 e. The van der Waals surface area contributed by atoms with Crippen LogP contribution in [0.15, 0.2) is 41.3 Å². The highest BCUT2D eigenvalue weighted by atomic mass is 16.2. The lowest BCUT2D eigenvalue weighted by atomic mass is 10.0. The predicted molar refractivity (Wildman–Crippen MR) is 147 cm³/mol. The molecule has 1 aromatic carbocycles. The second-order valence-electron chi connectivity index (χ2n) is 11.0. The number of nitrogens with one attached hydrogen (secondary N) is 1. The van der Waals surface area contributed by atoms with Crippen LogP contribution in [-0.4, -0.2) is 93.6 Å². The molecule has 3 heterocycles. The van der Waals surface area contributed by atoms with Crippen molar-refractivity contribution in [3.63, 3.8) is 0 Å². The normalized spacial score (nSPS) is 20.6. The molecule has 2 aliphatic rings. The zero-order valence-electron chi connectivity index (χ0n) is 22.6. The van der Waals surface area contributed by atoms with E-state index >= 15 is 0 Å². The molecular weight excluding hydrogens is 484 g/mol. The van der Waals surface area contributed by atoms with E-state index in [0.717, 1.165) is 32.6 Å². The average molecular weight is 525 g/mol. The number of benzene rings is 1. The van der Waals surface area contributed by atoms with E-state index in [1.54, 1.807) is 35.9 Å². The minimum absolute atomic E-state index is 0.144. The standard InChI is InChI=1S/C27H40N8O3/c1-19-17-33(24(36)27(2,3)29)14-15-34(19)25(37)30-23-10-13-35(26(38)31-23)22-6-4-20(5-7-22)8-11-32-12-9-21(16-28)18-32/h4-7,10,13,19,21H,8-9,11-12,14-18,28-29H2,1-3H3,(H,30,31,37,38). The summed E-state index contributed by atoms with van der Waals surface area (Å²) in [6.45, 7) is 10.3. The number of nitrogens with zero attached hydrogens (tertiary/aromatic N) is 5. The number of rotatable bonds is 7. The van der Waals surface area contributed by atoms with Gasteiger partial charge in [0.1, 0.15) is 5.82 Å². The van der Waals surface area contributed by atoms with Gasteiger partial charge in [-0.15, -0.1) is 0 Å². The monoisotopic (exact) mass is 524 g/mol. The van der Waals surface area contributed by atoms with Crippen LogP contribution >= 0.6 is 0 Å². The van der Waals surface area contributed by atoms with Crippen molar-refractivity contribution < 1.29 is 9.59 Å². The molecule has 2 aliphatic heterocycles. The van der Waals surface area contributed by atoms with Gasteiger partial charge in [-0.05, 0) is 76.4 Å². The van der Waals surface area contributed by atoms with E-state index in [2.05, 4.69) is 15.2 Å². The van der Waals surface area contributed by atoms with Gasteiger partial charge in [-0.1, -0.05) is 12.1 Å². The van der Waals surface area contributed by atoms with Crippen LogP contribution in [0.25, 0.3) is 5.69 Å². The fourth-order valence-corrected chi connectivity index (χ4v) is 5.12. The van der Waals surface area contributed by atoms with Gasteiger partial charge in [0, 0.05) is 45.0 Å². The van der Waals surface area contributed by atoms with Crippen LogP contribution in [0, 0.1) is 5.92 Å². The summed E-state index contributed by atoms with van der Waals surface area (Å²) in [7, 11) is 0. The Morgan fingerprint density at radius 3 is 2.45 bits per heavy atom. The summed E-state index contributed by atoms with van der Waals surface area (Å²) in [4.78, 5) is 47.9. The molecule has 0 bridgehead atoms. The lowest BCUT2D eigenvalue weighted by molar-refractivity contribution is -0.138. The molecule has 38 heavy (non-hydrogen) atoms. The van der Waals surface area contributed by atoms with Gasteiger partial charge >= 0.3 is 11.7 Å². The summed E-state index contributed by atoms with van der Waals surface area (Å²) in [6, 6.07) is 8.93. The predicted octanol–water partition coefficient (Wildman–Crippen LogP) is 0.858. The number of carbonyl (C=O) groups is 2. The highest BCUT2D eigenvalue weighted by Crippen LogP contribution is 2.17. The van der Waals surface area contributed by atoms with Gasteiger partial charge in [0.25, 0.3) is 0 Å². The molecule has 0 aliphatic carbocycles. The van der Waals surface area contributed by atoms with Crippen LogP contribution in [0.3, 0.4) is 0 Å². The molecule has 4 rings (SSSR count). The minimum Gasteiger partial charge on any atom is -0.337 e. The van der Waals surface area contributed by atoms with E-state index in [0.29, 0.717) is 31.2 Å². The SMILES string of the molecule is CC1CN(C(=O)C(C)(C)N)CCN1C(=O)Nc1ccn(-c2ccc(CCN3CCC(CN)C3)cc2)c(=O)n1. The maximum absolute atomic E-state index is 12.9. The van der Waals surface area contributed by atoms with Crippen molar-refractivity contribution in [2.45, 2.75) is 45.2 Å². The molecular formula is C27H40N8O3. The minimum atomic E-state index is -0.958. The summed E-state index contributed by atoms with van der Waals surface area (Å²) in [5.74, 6) is 0.649. The summed E-state index contributed by atoms with van der Waals surface area (Å²) in [5, 5.41) is 2.72. The van der Waals surface area contributed by atoms with E-state index < -0.39 is 11.2 Å². The fourth-order valence-electron chi connectivity index (χ4n) is 5.12. The maximum atomic E-state index is 12.9. The van der Waals surface area contributed by atoms with E-state index in [4.69, 9.17) is 11.5 Å². The highest BCUT2D eigenvalue weighted by Gasteiger charge is 2.34. The van der Waals surface area contributed by atoms with Crippen molar-refractivity contribution in [3.8, 4) is 5.69 Å². The topological polar surface area (TPSA) is 143 Å². The Bertz CT molecular complexity index is 1190. The summed E-state index contributed by atoms with van der Waals surface area (Å²) in [6.07, 6.45) is 3.73. The lowest BCUT2D eigenvalue weighted by Gasteiger charge is -2.41. The summed E-state index contributed by atoms with van der Waals surface area (Å²) < 4.78 is 1.45. The van der Waals surface area contributed by atoms with E-state index in [1.807, 2.05) is 31.2 Å². The van der Waals surface area contributed by atoms with Gasteiger partial charge in [0.2, 0.25) is 5.91 Å². The molecule has 11 heteroatoms. The number of aromatic nitrogens is 2. The first-order chi connectivity index (χ1) is 18.0. The zero-order chi connectivity index (χ0) is 27.4. The molecule has 11 nitrogen and oxygen atoms in total. The van der Waals surface area contributed by atoms with Gasteiger partial charge in [0.15, 0.2) is 0 Å². The Labute approximate surface area is 223 Å².